The molecule has 0 saturated carbocycles. The zero-order chi connectivity index (χ0) is 17.9. The van der Waals surface area contributed by atoms with Crippen molar-refractivity contribution in [3.63, 3.8) is 0 Å². The molecule has 5 heteroatoms. The molecule has 0 spiro atoms. The third kappa shape index (κ3) is 4.00. The van der Waals surface area contributed by atoms with Crippen LogP contribution in [-0.2, 0) is 10.0 Å². The van der Waals surface area contributed by atoms with Gasteiger partial charge in [0.2, 0.25) is 10.0 Å². The fraction of sp³-hybridized carbons (Fsp3) is 0.200. The molecule has 0 amide bonds. The van der Waals surface area contributed by atoms with Crippen molar-refractivity contribution < 1.29 is 13.2 Å². The van der Waals surface area contributed by atoms with Crippen LogP contribution in [0.5, 0.6) is 5.75 Å². The molecule has 0 fully saturated rings. The number of hydrogen-bond donors (Lipinski definition) is 1. The van der Waals surface area contributed by atoms with Crippen molar-refractivity contribution in [1.82, 2.24) is 4.72 Å². The van der Waals surface area contributed by atoms with Crippen molar-refractivity contribution >= 4 is 20.8 Å². The Morgan fingerprint density at radius 1 is 0.920 bits per heavy atom. The zero-order valence-electron chi connectivity index (χ0n) is 14.3. The standard InChI is InChI=1S/C20H21NO3S/c1-15-6-5-9-20(16(15)2)24-13-12-21-25(22,23)19-11-10-17-7-3-4-8-18(17)14-19/h3-11,14,21H,12-13H2,1-2H3. The number of fused-ring (bicyclic) bond motifs is 1. The maximum atomic E-state index is 12.4. The second-order valence-electron chi connectivity index (χ2n) is 5.95. The molecule has 1 N–H and O–H groups in total. The van der Waals surface area contributed by atoms with E-state index in [4.69, 9.17) is 4.74 Å². The van der Waals surface area contributed by atoms with Gasteiger partial charge in [-0.15, -0.1) is 0 Å². The van der Waals surface area contributed by atoms with Gasteiger partial charge in [-0.3, -0.25) is 0 Å². The highest BCUT2D eigenvalue weighted by Crippen LogP contribution is 2.21. The quantitative estimate of drug-likeness (QED) is 0.684. The average Bonchev–Trinajstić information content (AvgIpc) is 2.61. The van der Waals surface area contributed by atoms with E-state index >= 15 is 0 Å². The largest absolute Gasteiger partial charge is 0.492 e. The molecule has 0 heterocycles. The minimum absolute atomic E-state index is 0.211. The lowest BCUT2D eigenvalue weighted by Crippen LogP contribution is -2.28. The molecule has 0 aromatic heterocycles. The first-order chi connectivity index (χ1) is 12.0. The number of sulfonamides is 1. The second kappa shape index (κ2) is 7.25. The summed E-state index contributed by atoms with van der Waals surface area (Å²) in [7, 11) is -3.55. The fourth-order valence-electron chi connectivity index (χ4n) is 2.64. The lowest BCUT2D eigenvalue weighted by atomic mass is 10.1. The van der Waals surface area contributed by atoms with E-state index < -0.39 is 10.0 Å². The minimum Gasteiger partial charge on any atom is -0.492 e. The summed E-state index contributed by atoms with van der Waals surface area (Å²) in [6.45, 7) is 4.49. The molecule has 0 aliphatic rings. The van der Waals surface area contributed by atoms with E-state index in [9.17, 15) is 8.42 Å². The molecule has 130 valence electrons. The summed E-state index contributed by atoms with van der Waals surface area (Å²) in [5, 5.41) is 1.91. The molecule has 3 rings (SSSR count). The van der Waals surface area contributed by atoms with Crippen LogP contribution >= 0.6 is 0 Å². The molecule has 0 atom stereocenters. The van der Waals surface area contributed by atoms with Gasteiger partial charge < -0.3 is 4.74 Å². The van der Waals surface area contributed by atoms with Crippen LogP contribution in [0.1, 0.15) is 11.1 Å². The van der Waals surface area contributed by atoms with Crippen LogP contribution in [0.2, 0.25) is 0 Å². The predicted molar refractivity (Wildman–Crippen MR) is 101 cm³/mol. The number of rotatable bonds is 6. The third-order valence-electron chi connectivity index (χ3n) is 4.24. The van der Waals surface area contributed by atoms with Gasteiger partial charge in [0.05, 0.1) is 4.90 Å². The number of benzene rings is 3. The molecule has 4 nitrogen and oxygen atoms in total. The normalized spacial score (nSPS) is 11.6. The van der Waals surface area contributed by atoms with Crippen molar-refractivity contribution in [2.75, 3.05) is 13.2 Å². The van der Waals surface area contributed by atoms with Gasteiger partial charge in [-0.1, -0.05) is 42.5 Å². The van der Waals surface area contributed by atoms with Crippen LogP contribution < -0.4 is 9.46 Å². The van der Waals surface area contributed by atoms with E-state index in [2.05, 4.69) is 4.72 Å². The predicted octanol–water partition coefficient (Wildman–Crippen LogP) is 3.81. The van der Waals surface area contributed by atoms with Crippen LogP contribution in [0.25, 0.3) is 10.8 Å². The van der Waals surface area contributed by atoms with E-state index in [1.165, 1.54) is 0 Å². The van der Waals surface area contributed by atoms with Gasteiger partial charge in [0.15, 0.2) is 0 Å². The van der Waals surface area contributed by atoms with Gasteiger partial charge in [0, 0.05) is 6.54 Å². The van der Waals surface area contributed by atoms with Crippen molar-refractivity contribution in [1.29, 1.82) is 0 Å². The van der Waals surface area contributed by atoms with Gasteiger partial charge in [-0.2, -0.15) is 0 Å². The van der Waals surface area contributed by atoms with E-state index in [-0.39, 0.29) is 18.0 Å². The van der Waals surface area contributed by atoms with Crippen LogP contribution in [0.3, 0.4) is 0 Å². The monoisotopic (exact) mass is 355 g/mol. The van der Waals surface area contributed by atoms with E-state index in [1.54, 1.807) is 12.1 Å². The Kier molecular flexibility index (Phi) is 5.06. The van der Waals surface area contributed by atoms with Gasteiger partial charge in [0.1, 0.15) is 12.4 Å². The summed E-state index contributed by atoms with van der Waals surface area (Å²) in [6.07, 6.45) is 0. The Bertz CT molecular complexity index is 997. The molecule has 0 unspecified atom stereocenters. The van der Waals surface area contributed by atoms with Gasteiger partial charge in [-0.05, 0) is 53.9 Å². The number of aryl methyl sites for hydroxylation is 1. The van der Waals surface area contributed by atoms with Crippen molar-refractivity contribution in [3.05, 3.63) is 71.8 Å². The molecule has 0 aliphatic heterocycles. The summed E-state index contributed by atoms with van der Waals surface area (Å²) in [6, 6.07) is 18.6. The Morgan fingerprint density at radius 2 is 1.68 bits per heavy atom. The van der Waals surface area contributed by atoms with E-state index in [0.29, 0.717) is 0 Å². The maximum Gasteiger partial charge on any atom is 0.240 e. The molecule has 0 aliphatic carbocycles. The molecule has 0 bridgehead atoms. The molecule has 0 saturated heterocycles. The summed E-state index contributed by atoms with van der Waals surface area (Å²) < 4.78 is 33.2. The zero-order valence-corrected chi connectivity index (χ0v) is 15.1. The van der Waals surface area contributed by atoms with E-state index in [0.717, 1.165) is 27.6 Å². The smallest absolute Gasteiger partial charge is 0.240 e. The molecule has 25 heavy (non-hydrogen) atoms. The number of hydrogen-bond acceptors (Lipinski definition) is 3. The minimum atomic E-state index is -3.55. The lowest BCUT2D eigenvalue weighted by molar-refractivity contribution is 0.320. The van der Waals surface area contributed by atoms with Crippen molar-refractivity contribution in [2.24, 2.45) is 0 Å². The Hall–Kier alpha value is -2.37. The molecule has 3 aromatic rings. The first-order valence-electron chi connectivity index (χ1n) is 8.15. The van der Waals surface area contributed by atoms with Crippen LogP contribution in [0.15, 0.2) is 65.6 Å². The maximum absolute atomic E-state index is 12.4. The highest BCUT2D eigenvalue weighted by Gasteiger charge is 2.14. The summed E-state index contributed by atoms with van der Waals surface area (Å²) >= 11 is 0. The highest BCUT2D eigenvalue weighted by molar-refractivity contribution is 7.89. The summed E-state index contributed by atoms with van der Waals surface area (Å²) in [4.78, 5) is 0.262. The molecule has 3 aromatic carbocycles. The van der Waals surface area contributed by atoms with Crippen LogP contribution in [0.4, 0.5) is 0 Å². The van der Waals surface area contributed by atoms with Crippen LogP contribution in [-0.4, -0.2) is 21.6 Å². The fourth-order valence-corrected chi connectivity index (χ4v) is 3.68. The Labute approximate surface area is 148 Å². The molecule has 0 radical (unpaired) electrons. The molecular weight excluding hydrogens is 334 g/mol. The van der Waals surface area contributed by atoms with Gasteiger partial charge >= 0.3 is 0 Å². The lowest BCUT2D eigenvalue weighted by Gasteiger charge is -2.12. The topological polar surface area (TPSA) is 55.4 Å². The second-order valence-corrected chi connectivity index (χ2v) is 7.72. The van der Waals surface area contributed by atoms with Crippen molar-refractivity contribution in [2.45, 2.75) is 18.7 Å². The number of ether oxygens (including phenoxy) is 1. The van der Waals surface area contributed by atoms with Crippen molar-refractivity contribution in [3.8, 4) is 5.75 Å². The first kappa shape index (κ1) is 17.5. The summed E-state index contributed by atoms with van der Waals surface area (Å²) in [5.74, 6) is 0.782. The third-order valence-corrected chi connectivity index (χ3v) is 5.70. The van der Waals surface area contributed by atoms with Crippen LogP contribution in [0, 0.1) is 13.8 Å². The number of nitrogens with one attached hydrogen (secondary N) is 1. The summed E-state index contributed by atoms with van der Waals surface area (Å²) in [5.41, 5.74) is 2.22. The SMILES string of the molecule is Cc1cccc(OCCNS(=O)(=O)c2ccc3ccccc3c2)c1C. The highest BCUT2D eigenvalue weighted by atomic mass is 32.2. The first-order valence-corrected chi connectivity index (χ1v) is 9.63. The molecular formula is C20H21NO3S. The van der Waals surface area contributed by atoms with E-state index in [1.807, 2.05) is 62.4 Å². The van der Waals surface area contributed by atoms with Gasteiger partial charge in [-0.25, -0.2) is 13.1 Å². The Morgan fingerprint density at radius 3 is 2.48 bits per heavy atom. The van der Waals surface area contributed by atoms with Gasteiger partial charge in [0.25, 0.3) is 0 Å². The average molecular weight is 355 g/mol. The Balaban J connectivity index is 1.64.